The van der Waals surface area contributed by atoms with Crippen molar-refractivity contribution in [1.82, 2.24) is 20.2 Å². The number of methoxy groups -OCH3 is 1. The topological polar surface area (TPSA) is 53.5 Å². The van der Waals surface area contributed by atoms with Crippen molar-refractivity contribution in [3.63, 3.8) is 0 Å². The first-order valence-corrected chi connectivity index (χ1v) is 6.36. The Morgan fingerprint density at radius 3 is 2.61 bits per heavy atom. The molecule has 0 aliphatic carbocycles. The minimum atomic E-state index is 0.721. The van der Waals surface area contributed by atoms with E-state index in [-0.39, 0.29) is 0 Å². The molecule has 1 fully saturated rings. The summed E-state index contributed by atoms with van der Waals surface area (Å²) in [5.74, 6) is 1.53. The number of hydrogen-bond donors (Lipinski definition) is 1. The molecule has 0 bridgehead atoms. The average molecular weight is 249 g/mol. The van der Waals surface area contributed by atoms with Gasteiger partial charge >= 0.3 is 0 Å². The summed E-state index contributed by atoms with van der Waals surface area (Å²) in [5, 5.41) is 3.29. The van der Waals surface area contributed by atoms with Gasteiger partial charge in [0.05, 0.1) is 18.4 Å². The zero-order valence-electron chi connectivity index (χ0n) is 10.9. The van der Waals surface area contributed by atoms with Gasteiger partial charge in [-0.05, 0) is 7.05 Å². The molecule has 18 heavy (non-hydrogen) atoms. The van der Waals surface area contributed by atoms with E-state index >= 15 is 0 Å². The van der Waals surface area contributed by atoms with Crippen molar-refractivity contribution < 1.29 is 4.74 Å². The highest BCUT2D eigenvalue weighted by Gasteiger charge is 2.23. The Labute approximate surface area is 107 Å². The monoisotopic (exact) mass is 249 g/mol. The minimum absolute atomic E-state index is 0.721. The lowest BCUT2D eigenvalue weighted by atomic mass is 10.2. The van der Waals surface area contributed by atoms with Crippen molar-refractivity contribution in [2.45, 2.75) is 13.1 Å². The summed E-state index contributed by atoms with van der Waals surface area (Å²) in [6, 6.07) is 0. The van der Waals surface area contributed by atoms with E-state index < -0.39 is 0 Å². The number of hydrogen-bond acceptors (Lipinski definition) is 6. The molecule has 2 aliphatic heterocycles. The Kier molecular flexibility index (Phi) is 3.05. The van der Waals surface area contributed by atoms with Crippen LogP contribution in [0.25, 0.3) is 0 Å². The average Bonchev–Trinajstić information content (AvgIpc) is 2.86. The predicted molar refractivity (Wildman–Crippen MR) is 68.8 cm³/mol. The van der Waals surface area contributed by atoms with Crippen LogP contribution in [0.5, 0.6) is 5.88 Å². The largest absolute Gasteiger partial charge is 0.481 e. The third-order valence-corrected chi connectivity index (χ3v) is 3.62. The lowest BCUT2D eigenvalue weighted by molar-refractivity contribution is 0.310. The molecule has 0 saturated carbocycles. The van der Waals surface area contributed by atoms with Gasteiger partial charge in [-0.2, -0.15) is 4.98 Å². The van der Waals surface area contributed by atoms with E-state index in [2.05, 4.69) is 32.1 Å². The molecular formula is C12H19N5O. The second-order valence-corrected chi connectivity index (χ2v) is 4.85. The van der Waals surface area contributed by atoms with E-state index in [4.69, 9.17) is 4.74 Å². The van der Waals surface area contributed by atoms with Crippen LogP contribution in [0.4, 0.5) is 5.95 Å². The maximum Gasteiger partial charge on any atom is 0.229 e. The number of piperazine rings is 1. The summed E-state index contributed by atoms with van der Waals surface area (Å²) in [6.07, 6.45) is 0. The molecule has 1 saturated heterocycles. The highest BCUT2D eigenvalue weighted by atomic mass is 16.5. The number of likely N-dealkylation sites (N-methyl/N-ethyl adjacent to an activating group) is 1. The molecule has 98 valence electrons. The Morgan fingerprint density at radius 1 is 1.11 bits per heavy atom. The van der Waals surface area contributed by atoms with Gasteiger partial charge in [0.15, 0.2) is 0 Å². The standard InChI is InChI=1S/C12H19N5O/c1-16-3-5-17(6-4-16)12-14-10-8-13-7-9(10)11(15-12)18-2/h13H,3-8H2,1-2H3. The Bertz CT molecular complexity index is 442. The molecule has 1 aromatic heterocycles. The summed E-state index contributed by atoms with van der Waals surface area (Å²) in [4.78, 5) is 13.8. The van der Waals surface area contributed by atoms with Gasteiger partial charge in [0, 0.05) is 39.3 Å². The molecular weight excluding hydrogens is 230 g/mol. The smallest absolute Gasteiger partial charge is 0.229 e. The van der Waals surface area contributed by atoms with Gasteiger partial charge in [-0.25, -0.2) is 4.98 Å². The van der Waals surface area contributed by atoms with Gasteiger partial charge in [-0.1, -0.05) is 0 Å². The quantitative estimate of drug-likeness (QED) is 0.786. The fraction of sp³-hybridized carbons (Fsp3) is 0.667. The number of anilines is 1. The molecule has 0 unspecified atom stereocenters. The zero-order chi connectivity index (χ0) is 12.5. The molecule has 0 spiro atoms. The van der Waals surface area contributed by atoms with E-state index in [0.29, 0.717) is 0 Å². The van der Waals surface area contributed by atoms with Crippen molar-refractivity contribution in [3.8, 4) is 5.88 Å². The van der Waals surface area contributed by atoms with E-state index in [9.17, 15) is 0 Å². The van der Waals surface area contributed by atoms with Gasteiger partial charge in [0.25, 0.3) is 0 Å². The van der Waals surface area contributed by atoms with E-state index in [1.807, 2.05) is 0 Å². The lowest BCUT2D eigenvalue weighted by Gasteiger charge is -2.32. The second kappa shape index (κ2) is 4.70. The molecule has 2 aliphatic rings. The van der Waals surface area contributed by atoms with Crippen LogP contribution < -0.4 is 15.0 Å². The van der Waals surface area contributed by atoms with Crippen LogP contribution in [-0.2, 0) is 13.1 Å². The van der Waals surface area contributed by atoms with Gasteiger partial charge in [-0.15, -0.1) is 0 Å². The van der Waals surface area contributed by atoms with E-state index in [1.54, 1.807) is 7.11 Å². The van der Waals surface area contributed by atoms with Crippen LogP contribution >= 0.6 is 0 Å². The van der Waals surface area contributed by atoms with Crippen LogP contribution in [0, 0.1) is 0 Å². The van der Waals surface area contributed by atoms with Crippen LogP contribution in [0.2, 0.25) is 0 Å². The second-order valence-electron chi connectivity index (χ2n) is 4.85. The van der Waals surface area contributed by atoms with Crippen LogP contribution in [0.1, 0.15) is 11.3 Å². The third kappa shape index (κ3) is 2.02. The fourth-order valence-corrected chi connectivity index (χ4v) is 2.44. The summed E-state index contributed by atoms with van der Waals surface area (Å²) in [7, 11) is 3.82. The minimum Gasteiger partial charge on any atom is -0.481 e. The first kappa shape index (κ1) is 11.7. The number of fused-ring (bicyclic) bond motifs is 1. The Hall–Kier alpha value is -1.40. The Morgan fingerprint density at radius 2 is 1.89 bits per heavy atom. The molecule has 3 heterocycles. The summed E-state index contributed by atoms with van der Waals surface area (Å²) in [5.41, 5.74) is 2.19. The van der Waals surface area contributed by atoms with Crippen molar-refractivity contribution in [3.05, 3.63) is 11.3 Å². The normalized spacial score (nSPS) is 20.0. The van der Waals surface area contributed by atoms with Crippen LogP contribution in [0.3, 0.4) is 0 Å². The van der Waals surface area contributed by atoms with E-state index in [1.165, 1.54) is 0 Å². The number of ether oxygens (including phenoxy) is 1. The maximum atomic E-state index is 5.38. The summed E-state index contributed by atoms with van der Waals surface area (Å²) >= 11 is 0. The van der Waals surface area contributed by atoms with Crippen LogP contribution in [-0.4, -0.2) is 55.2 Å². The number of aromatic nitrogens is 2. The molecule has 1 aromatic rings. The van der Waals surface area contributed by atoms with Crippen molar-refractivity contribution >= 4 is 5.95 Å². The fourth-order valence-electron chi connectivity index (χ4n) is 2.44. The molecule has 6 nitrogen and oxygen atoms in total. The number of nitrogens with zero attached hydrogens (tertiary/aromatic N) is 4. The molecule has 1 N–H and O–H groups in total. The van der Waals surface area contributed by atoms with Gasteiger partial charge in [0.1, 0.15) is 0 Å². The Balaban J connectivity index is 1.88. The molecule has 3 rings (SSSR count). The highest BCUT2D eigenvalue weighted by molar-refractivity contribution is 5.42. The molecule has 0 radical (unpaired) electrons. The molecule has 0 amide bonds. The van der Waals surface area contributed by atoms with Gasteiger partial charge < -0.3 is 19.9 Å². The molecule has 6 heteroatoms. The van der Waals surface area contributed by atoms with Gasteiger partial charge in [0.2, 0.25) is 11.8 Å². The van der Waals surface area contributed by atoms with Crippen molar-refractivity contribution in [1.29, 1.82) is 0 Å². The lowest BCUT2D eigenvalue weighted by Crippen LogP contribution is -2.45. The molecule has 0 aromatic carbocycles. The van der Waals surface area contributed by atoms with Crippen LogP contribution in [0.15, 0.2) is 0 Å². The highest BCUT2D eigenvalue weighted by Crippen LogP contribution is 2.26. The third-order valence-electron chi connectivity index (χ3n) is 3.62. The summed E-state index contributed by atoms with van der Waals surface area (Å²) in [6.45, 7) is 5.69. The first-order chi connectivity index (χ1) is 8.78. The number of rotatable bonds is 2. The first-order valence-electron chi connectivity index (χ1n) is 6.36. The van der Waals surface area contributed by atoms with Crippen molar-refractivity contribution in [2.75, 3.05) is 45.2 Å². The van der Waals surface area contributed by atoms with Gasteiger partial charge in [-0.3, -0.25) is 0 Å². The predicted octanol–water partition coefficient (Wildman–Crippen LogP) is -0.160. The van der Waals surface area contributed by atoms with E-state index in [0.717, 1.165) is 62.4 Å². The van der Waals surface area contributed by atoms with Crippen molar-refractivity contribution in [2.24, 2.45) is 0 Å². The zero-order valence-corrected chi connectivity index (χ0v) is 10.9. The number of nitrogens with one attached hydrogen (secondary N) is 1. The molecule has 0 atom stereocenters. The summed E-state index contributed by atoms with van der Waals surface area (Å²) < 4.78 is 5.38. The SMILES string of the molecule is COc1nc(N2CCN(C)CC2)nc2c1CNC2. The maximum absolute atomic E-state index is 5.38.